The van der Waals surface area contributed by atoms with Crippen molar-refractivity contribution in [1.29, 1.82) is 0 Å². The molecule has 1 aliphatic heterocycles. The first-order valence-electron chi connectivity index (χ1n) is 5.86. The molecule has 1 N–H and O–H groups in total. The maximum Gasteiger partial charge on any atom is 0.180 e. The SMILES string of the molecule is Cc1ncc(S(C)(=O)=O)c(NC[C@H]2CCCO2)n1. The van der Waals surface area contributed by atoms with Gasteiger partial charge in [-0.05, 0) is 19.8 Å². The first-order chi connectivity index (χ1) is 8.47. The largest absolute Gasteiger partial charge is 0.376 e. The zero-order valence-corrected chi connectivity index (χ0v) is 11.3. The number of aryl methyl sites for hydroxylation is 1. The Hall–Kier alpha value is -1.21. The molecule has 1 fully saturated rings. The Labute approximate surface area is 107 Å². The van der Waals surface area contributed by atoms with Crippen LogP contribution < -0.4 is 5.32 Å². The Morgan fingerprint density at radius 2 is 2.33 bits per heavy atom. The van der Waals surface area contributed by atoms with Crippen LogP contribution in [0.25, 0.3) is 0 Å². The molecule has 0 aliphatic carbocycles. The second-order valence-electron chi connectivity index (χ2n) is 4.42. The molecule has 2 rings (SSSR count). The molecule has 0 unspecified atom stereocenters. The van der Waals surface area contributed by atoms with Crippen molar-refractivity contribution in [2.75, 3.05) is 24.7 Å². The second kappa shape index (κ2) is 5.19. The number of hydrogen-bond acceptors (Lipinski definition) is 6. The average molecular weight is 271 g/mol. The van der Waals surface area contributed by atoms with Gasteiger partial charge in [-0.1, -0.05) is 0 Å². The lowest BCUT2D eigenvalue weighted by atomic mass is 10.2. The third kappa shape index (κ3) is 3.17. The van der Waals surface area contributed by atoms with Crippen LogP contribution in [0.15, 0.2) is 11.1 Å². The van der Waals surface area contributed by atoms with E-state index in [1.54, 1.807) is 6.92 Å². The molecule has 7 heteroatoms. The highest BCUT2D eigenvalue weighted by Crippen LogP contribution is 2.19. The van der Waals surface area contributed by atoms with Crippen molar-refractivity contribution < 1.29 is 13.2 Å². The Kier molecular flexibility index (Phi) is 3.82. The van der Waals surface area contributed by atoms with Gasteiger partial charge in [0.05, 0.1) is 12.3 Å². The lowest BCUT2D eigenvalue weighted by Crippen LogP contribution is -2.20. The highest BCUT2D eigenvalue weighted by Gasteiger charge is 2.19. The highest BCUT2D eigenvalue weighted by molar-refractivity contribution is 7.90. The molecule has 1 aliphatic rings. The second-order valence-corrected chi connectivity index (χ2v) is 6.40. The third-order valence-electron chi connectivity index (χ3n) is 2.80. The van der Waals surface area contributed by atoms with Crippen molar-refractivity contribution in [1.82, 2.24) is 9.97 Å². The van der Waals surface area contributed by atoms with E-state index in [-0.39, 0.29) is 11.0 Å². The summed E-state index contributed by atoms with van der Waals surface area (Å²) in [6.45, 7) is 3.07. The number of aromatic nitrogens is 2. The minimum Gasteiger partial charge on any atom is -0.376 e. The van der Waals surface area contributed by atoms with Crippen LogP contribution in [0.3, 0.4) is 0 Å². The zero-order valence-electron chi connectivity index (χ0n) is 10.5. The number of sulfone groups is 1. The van der Waals surface area contributed by atoms with E-state index in [0.29, 0.717) is 18.2 Å². The standard InChI is InChI=1S/C11H17N3O3S/c1-8-12-7-10(18(2,15)16)11(14-8)13-6-9-4-3-5-17-9/h7,9H,3-6H2,1-2H3,(H,12,13,14)/t9-/m1/s1. The minimum atomic E-state index is -3.32. The normalized spacial score (nSPS) is 20.0. The van der Waals surface area contributed by atoms with Gasteiger partial charge in [0, 0.05) is 19.4 Å². The Morgan fingerprint density at radius 3 is 2.94 bits per heavy atom. The van der Waals surface area contributed by atoms with Crippen LogP contribution in [-0.4, -0.2) is 43.9 Å². The van der Waals surface area contributed by atoms with Gasteiger partial charge in [0.25, 0.3) is 0 Å². The number of ether oxygens (including phenoxy) is 1. The van der Waals surface area contributed by atoms with Crippen LogP contribution in [0, 0.1) is 6.92 Å². The topological polar surface area (TPSA) is 81.2 Å². The molecule has 0 bridgehead atoms. The average Bonchev–Trinajstić information content (AvgIpc) is 2.77. The molecule has 6 nitrogen and oxygen atoms in total. The van der Waals surface area contributed by atoms with E-state index in [9.17, 15) is 8.42 Å². The number of nitrogens with zero attached hydrogens (tertiary/aromatic N) is 2. The lowest BCUT2D eigenvalue weighted by molar-refractivity contribution is 0.120. The van der Waals surface area contributed by atoms with Gasteiger partial charge in [0.2, 0.25) is 0 Å². The van der Waals surface area contributed by atoms with Gasteiger partial charge in [-0.15, -0.1) is 0 Å². The molecular weight excluding hydrogens is 254 g/mol. The molecule has 1 aromatic heterocycles. The van der Waals surface area contributed by atoms with Crippen LogP contribution >= 0.6 is 0 Å². The molecule has 1 atom stereocenters. The van der Waals surface area contributed by atoms with Crippen molar-refractivity contribution in [3.05, 3.63) is 12.0 Å². The predicted molar refractivity (Wildman–Crippen MR) is 67.3 cm³/mol. The van der Waals surface area contributed by atoms with Crippen molar-refractivity contribution in [2.24, 2.45) is 0 Å². The summed E-state index contributed by atoms with van der Waals surface area (Å²) in [5.74, 6) is 0.901. The van der Waals surface area contributed by atoms with Gasteiger partial charge in [0.15, 0.2) is 9.84 Å². The van der Waals surface area contributed by atoms with Crippen LogP contribution in [-0.2, 0) is 14.6 Å². The molecule has 0 saturated carbocycles. The molecule has 18 heavy (non-hydrogen) atoms. The van der Waals surface area contributed by atoms with E-state index in [0.717, 1.165) is 25.7 Å². The Bertz CT molecular complexity index is 524. The molecule has 0 radical (unpaired) electrons. The first kappa shape index (κ1) is 13.2. The van der Waals surface area contributed by atoms with Gasteiger partial charge in [-0.3, -0.25) is 0 Å². The predicted octanol–water partition coefficient (Wildman–Crippen LogP) is 0.779. The summed E-state index contributed by atoms with van der Waals surface area (Å²) in [7, 11) is -3.32. The summed E-state index contributed by atoms with van der Waals surface area (Å²) in [6, 6.07) is 0. The molecule has 2 heterocycles. The first-order valence-corrected chi connectivity index (χ1v) is 7.75. The third-order valence-corrected chi connectivity index (χ3v) is 3.89. The quantitative estimate of drug-likeness (QED) is 0.871. The van der Waals surface area contributed by atoms with E-state index < -0.39 is 9.84 Å². The van der Waals surface area contributed by atoms with Crippen molar-refractivity contribution in [3.63, 3.8) is 0 Å². The molecular formula is C11H17N3O3S. The van der Waals surface area contributed by atoms with E-state index in [4.69, 9.17) is 4.74 Å². The van der Waals surface area contributed by atoms with Crippen LogP contribution in [0.4, 0.5) is 5.82 Å². The van der Waals surface area contributed by atoms with Gasteiger partial charge >= 0.3 is 0 Å². The number of anilines is 1. The Balaban J connectivity index is 2.17. The van der Waals surface area contributed by atoms with E-state index >= 15 is 0 Å². The fourth-order valence-corrected chi connectivity index (χ4v) is 2.59. The van der Waals surface area contributed by atoms with Crippen LogP contribution in [0.2, 0.25) is 0 Å². The van der Waals surface area contributed by atoms with Crippen molar-refractivity contribution in [3.8, 4) is 0 Å². The number of hydrogen-bond donors (Lipinski definition) is 1. The maximum absolute atomic E-state index is 11.6. The van der Waals surface area contributed by atoms with Crippen LogP contribution in [0.1, 0.15) is 18.7 Å². The lowest BCUT2D eigenvalue weighted by Gasteiger charge is -2.13. The fraction of sp³-hybridized carbons (Fsp3) is 0.636. The van der Waals surface area contributed by atoms with Crippen molar-refractivity contribution in [2.45, 2.75) is 30.8 Å². The minimum absolute atomic E-state index is 0.131. The fourth-order valence-electron chi connectivity index (χ4n) is 1.87. The maximum atomic E-state index is 11.6. The molecule has 100 valence electrons. The van der Waals surface area contributed by atoms with Gasteiger partial charge in [-0.25, -0.2) is 18.4 Å². The monoisotopic (exact) mass is 271 g/mol. The smallest absolute Gasteiger partial charge is 0.180 e. The summed E-state index contributed by atoms with van der Waals surface area (Å²) in [4.78, 5) is 8.20. The summed E-state index contributed by atoms with van der Waals surface area (Å²) >= 11 is 0. The zero-order chi connectivity index (χ0) is 13.2. The molecule has 1 aromatic rings. The summed E-state index contributed by atoms with van der Waals surface area (Å²) in [6.07, 6.45) is 4.67. The number of rotatable bonds is 4. The van der Waals surface area contributed by atoms with Gasteiger partial charge in [-0.2, -0.15) is 0 Å². The molecule has 0 spiro atoms. The highest BCUT2D eigenvalue weighted by atomic mass is 32.2. The van der Waals surface area contributed by atoms with Gasteiger partial charge in [0.1, 0.15) is 16.5 Å². The van der Waals surface area contributed by atoms with E-state index in [1.807, 2.05) is 0 Å². The summed E-state index contributed by atoms with van der Waals surface area (Å²) in [5.41, 5.74) is 0. The van der Waals surface area contributed by atoms with Crippen LogP contribution in [0.5, 0.6) is 0 Å². The Morgan fingerprint density at radius 1 is 1.56 bits per heavy atom. The van der Waals surface area contributed by atoms with Crippen molar-refractivity contribution >= 4 is 15.7 Å². The van der Waals surface area contributed by atoms with E-state index in [2.05, 4.69) is 15.3 Å². The molecule has 1 saturated heterocycles. The number of nitrogens with one attached hydrogen (secondary N) is 1. The van der Waals surface area contributed by atoms with E-state index in [1.165, 1.54) is 6.20 Å². The molecule has 0 aromatic carbocycles. The summed E-state index contributed by atoms with van der Waals surface area (Å²) in [5, 5.41) is 3.05. The molecule has 0 amide bonds. The summed E-state index contributed by atoms with van der Waals surface area (Å²) < 4.78 is 28.7. The van der Waals surface area contributed by atoms with Gasteiger partial charge < -0.3 is 10.1 Å².